The maximum Gasteiger partial charge on any atom is 0.436 e. The fraction of sp³-hybridized carbons (Fsp3) is 0.625. The van der Waals surface area contributed by atoms with E-state index < -0.39 is 29.2 Å². The maximum absolute atomic E-state index is 14.0. The Bertz CT molecular complexity index is 620. The summed E-state index contributed by atoms with van der Waals surface area (Å²) in [5.74, 6) is -1.60. The smallest absolute Gasteiger partial charge is 0.338 e. The summed E-state index contributed by atoms with van der Waals surface area (Å²) in [6.45, 7) is 5.13. The van der Waals surface area contributed by atoms with Crippen LogP contribution in [0, 0.1) is 11.7 Å². The molecule has 0 radical (unpaired) electrons. The van der Waals surface area contributed by atoms with Crippen LogP contribution in [0.3, 0.4) is 0 Å². The van der Waals surface area contributed by atoms with Gasteiger partial charge in [0, 0.05) is 38.4 Å². The van der Waals surface area contributed by atoms with E-state index >= 15 is 0 Å². The van der Waals surface area contributed by atoms with Crippen molar-refractivity contribution in [2.75, 3.05) is 26.2 Å². The van der Waals surface area contributed by atoms with Gasteiger partial charge in [-0.3, -0.25) is 9.69 Å². The summed E-state index contributed by atoms with van der Waals surface area (Å²) in [4.78, 5) is 19.2. The summed E-state index contributed by atoms with van der Waals surface area (Å²) in [5, 5.41) is 0. The van der Waals surface area contributed by atoms with E-state index in [9.17, 15) is 22.4 Å². The Morgan fingerprint density at radius 1 is 1.25 bits per heavy atom. The van der Waals surface area contributed by atoms with E-state index in [0.717, 1.165) is 38.2 Å². The number of hydrogen-bond acceptors (Lipinski definition) is 3. The highest BCUT2D eigenvalue weighted by atomic mass is 19.4. The molecule has 0 aromatic carbocycles. The van der Waals surface area contributed by atoms with Crippen molar-refractivity contribution in [1.29, 1.82) is 0 Å². The minimum absolute atomic E-state index is 0.401. The number of alkyl halides is 3. The average Bonchev–Trinajstić information content (AvgIpc) is 2.50. The number of rotatable bonds is 2. The lowest BCUT2D eigenvalue weighted by molar-refractivity contribution is -0.143. The van der Waals surface area contributed by atoms with Gasteiger partial charge in [0.2, 0.25) is 0 Å². The van der Waals surface area contributed by atoms with Gasteiger partial charge in [0.15, 0.2) is 11.5 Å². The zero-order valence-corrected chi connectivity index (χ0v) is 13.3. The summed E-state index contributed by atoms with van der Waals surface area (Å²) < 4.78 is 52.2. The van der Waals surface area contributed by atoms with E-state index in [4.69, 9.17) is 0 Å². The molecular weight excluding hydrogens is 326 g/mol. The molecule has 1 amide bonds. The number of aromatic nitrogens is 1. The molecule has 0 saturated carbocycles. The number of piperidine rings is 1. The van der Waals surface area contributed by atoms with Crippen LogP contribution >= 0.6 is 0 Å². The molecule has 2 saturated heterocycles. The number of halogens is 4. The van der Waals surface area contributed by atoms with Crippen LogP contribution in [0.1, 0.15) is 35.8 Å². The van der Waals surface area contributed by atoms with Gasteiger partial charge in [-0.2, -0.15) is 13.2 Å². The molecule has 1 aromatic rings. The summed E-state index contributed by atoms with van der Waals surface area (Å²) in [5.41, 5.74) is -2.20. The molecule has 3 rings (SSSR count). The molecule has 24 heavy (non-hydrogen) atoms. The van der Waals surface area contributed by atoms with Crippen LogP contribution in [0.5, 0.6) is 0 Å². The lowest BCUT2D eigenvalue weighted by Gasteiger charge is -2.46. The number of pyridine rings is 1. The first kappa shape index (κ1) is 17.1. The molecule has 0 atom stereocenters. The van der Waals surface area contributed by atoms with Crippen molar-refractivity contribution in [2.24, 2.45) is 5.92 Å². The Labute approximate surface area is 137 Å². The normalized spacial score (nSPS) is 21.0. The van der Waals surface area contributed by atoms with Crippen LogP contribution < -0.4 is 0 Å². The number of hydrogen-bond donors (Lipinski definition) is 0. The molecule has 0 bridgehead atoms. The van der Waals surface area contributed by atoms with E-state index in [2.05, 4.69) is 16.8 Å². The van der Waals surface area contributed by atoms with Gasteiger partial charge in [0.05, 0.1) is 5.56 Å². The van der Waals surface area contributed by atoms with Gasteiger partial charge in [0.25, 0.3) is 5.91 Å². The van der Waals surface area contributed by atoms with Crippen molar-refractivity contribution in [3.63, 3.8) is 0 Å². The predicted molar refractivity (Wildman–Crippen MR) is 78.9 cm³/mol. The van der Waals surface area contributed by atoms with Gasteiger partial charge in [-0.25, -0.2) is 9.37 Å². The van der Waals surface area contributed by atoms with Crippen LogP contribution in [0.25, 0.3) is 0 Å². The topological polar surface area (TPSA) is 36.4 Å². The van der Waals surface area contributed by atoms with Crippen molar-refractivity contribution >= 4 is 5.91 Å². The molecule has 8 heteroatoms. The van der Waals surface area contributed by atoms with Crippen LogP contribution in [-0.2, 0) is 6.18 Å². The largest absolute Gasteiger partial charge is 0.436 e. The molecule has 1 aromatic heterocycles. The molecule has 4 nitrogen and oxygen atoms in total. The van der Waals surface area contributed by atoms with Gasteiger partial charge in [-0.15, -0.1) is 0 Å². The Kier molecular flexibility index (Phi) is 4.50. The Morgan fingerprint density at radius 3 is 2.42 bits per heavy atom. The number of nitrogens with zero attached hydrogens (tertiary/aromatic N) is 3. The summed E-state index contributed by atoms with van der Waals surface area (Å²) in [6, 6.07) is 1.41. The Balaban J connectivity index is 1.68. The highest BCUT2D eigenvalue weighted by Gasteiger charge is 2.39. The molecule has 0 unspecified atom stereocenters. The van der Waals surface area contributed by atoms with Crippen LogP contribution in [0.2, 0.25) is 0 Å². The maximum atomic E-state index is 14.0. The Hall–Kier alpha value is -1.70. The van der Waals surface area contributed by atoms with E-state index in [-0.39, 0.29) is 0 Å². The van der Waals surface area contributed by atoms with Crippen LogP contribution in [-0.4, -0.2) is 52.9 Å². The molecule has 2 fully saturated rings. The second kappa shape index (κ2) is 6.31. The van der Waals surface area contributed by atoms with Gasteiger partial charge in [-0.1, -0.05) is 6.92 Å². The fourth-order valence-electron chi connectivity index (χ4n) is 3.46. The SMILES string of the molecule is CC1CN(C2CCN(C(=O)c3ccnc(C(F)(F)F)c3F)CC2)C1. The van der Waals surface area contributed by atoms with E-state index in [1.165, 1.54) is 4.90 Å². The highest BCUT2D eigenvalue weighted by molar-refractivity contribution is 5.94. The second-order valence-electron chi connectivity index (χ2n) is 6.60. The van der Waals surface area contributed by atoms with Gasteiger partial charge >= 0.3 is 6.18 Å². The van der Waals surface area contributed by atoms with Crippen molar-refractivity contribution in [1.82, 2.24) is 14.8 Å². The summed E-state index contributed by atoms with van der Waals surface area (Å²) >= 11 is 0. The number of amides is 1. The fourth-order valence-corrected chi connectivity index (χ4v) is 3.46. The third-order valence-electron chi connectivity index (χ3n) is 4.75. The summed E-state index contributed by atoms with van der Waals surface area (Å²) in [6.07, 6.45) is -2.57. The standard InChI is InChI=1S/C16H19F4N3O/c1-10-8-23(9-10)11-3-6-22(7-4-11)15(24)12-2-5-21-14(13(12)17)16(18,19)20/h2,5,10-11H,3-4,6-9H2,1H3. The Morgan fingerprint density at radius 2 is 1.88 bits per heavy atom. The zero-order chi connectivity index (χ0) is 17.5. The van der Waals surface area contributed by atoms with E-state index in [0.29, 0.717) is 25.0 Å². The molecule has 132 valence electrons. The molecule has 2 aliphatic rings. The van der Waals surface area contributed by atoms with Crippen LogP contribution in [0.15, 0.2) is 12.3 Å². The highest BCUT2D eigenvalue weighted by Crippen LogP contribution is 2.31. The monoisotopic (exact) mass is 345 g/mol. The molecule has 0 spiro atoms. The first-order chi connectivity index (χ1) is 11.3. The molecule has 3 heterocycles. The van der Waals surface area contributed by atoms with Gasteiger partial charge in [-0.05, 0) is 24.8 Å². The van der Waals surface area contributed by atoms with Gasteiger partial charge < -0.3 is 4.90 Å². The lowest BCUT2D eigenvalue weighted by Crippen LogP contribution is -2.55. The number of likely N-dealkylation sites (tertiary alicyclic amines) is 2. The third-order valence-corrected chi connectivity index (χ3v) is 4.75. The van der Waals surface area contributed by atoms with E-state index in [1.807, 2.05) is 0 Å². The molecule has 0 aliphatic carbocycles. The lowest BCUT2D eigenvalue weighted by atomic mass is 9.94. The minimum Gasteiger partial charge on any atom is -0.338 e. The molecular formula is C16H19F4N3O. The molecule has 0 N–H and O–H groups in total. The second-order valence-corrected chi connectivity index (χ2v) is 6.60. The number of carbonyl (C=O) groups excluding carboxylic acids is 1. The number of carbonyl (C=O) groups is 1. The van der Waals surface area contributed by atoms with Crippen molar-refractivity contribution in [2.45, 2.75) is 32.0 Å². The zero-order valence-electron chi connectivity index (χ0n) is 13.3. The van der Waals surface area contributed by atoms with Crippen LogP contribution in [0.4, 0.5) is 17.6 Å². The van der Waals surface area contributed by atoms with Gasteiger partial charge in [0.1, 0.15) is 0 Å². The average molecular weight is 345 g/mol. The summed E-state index contributed by atoms with van der Waals surface area (Å²) in [7, 11) is 0. The predicted octanol–water partition coefficient (Wildman–Crippen LogP) is 2.80. The first-order valence-electron chi connectivity index (χ1n) is 8.02. The minimum atomic E-state index is -4.92. The van der Waals surface area contributed by atoms with Crippen molar-refractivity contribution in [3.05, 3.63) is 29.3 Å². The van der Waals surface area contributed by atoms with Crippen molar-refractivity contribution < 1.29 is 22.4 Å². The molecule has 2 aliphatic heterocycles. The quantitative estimate of drug-likeness (QED) is 0.774. The third kappa shape index (κ3) is 3.24. The van der Waals surface area contributed by atoms with E-state index in [1.54, 1.807) is 0 Å². The van der Waals surface area contributed by atoms with Crippen molar-refractivity contribution in [3.8, 4) is 0 Å². The first-order valence-corrected chi connectivity index (χ1v) is 8.02.